The van der Waals surface area contributed by atoms with Crippen molar-refractivity contribution in [3.05, 3.63) is 29.8 Å². The first-order valence-corrected chi connectivity index (χ1v) is 3.76. The van der Waals surface area contributed by atoms with E-state index >= 15 is 0 Å². The normalized spacial score (nSPS) is 10.5. The van der Waals surface area contributed by atoms with E-state index in [9.17, 15) is 4.79 Å². The number of nitrogens with zero attached hydrogens (tertiary/aromatic N) is 1. The largest absolute Gasteiger partial charge is 0.478 e. The van der Waals surface area contributed by atoms with Gasteiger partial charge in [-0.1, -0.05) is 0 Å². The van der Waals surface area contributed by atoms with Gasteiger partial charge in [-0.05, 0) is 13.0 Å². The third-order valence-corrected chi connectivity index (χ3v) is 1.88. The molecule has 0 spiro atoms. The molecule has 4 heteroatoms. The number of aromatic nitrogens is 1. The van der Waals surface area contributed by atoms with Crippen LogP contribution in [0.15, 0.2) is 22.9 Å². The Hall–Kier alpha value is -1.84. The van der Waals surface area contributed by atoms with E-state index in [1.165, 1.54) is 6.20 Å². The van der Waals surface area contributed by atoms with Gasteiger partial charge in [0.1, 0.15) is 16.9 Å². The molecular formula is C9H7NO3. The summed E-state index contributed by atoms with van der Waals surface area (Å²) in [6.45, 7) is 1.63. The maximum atomic E-state index is 10.8. The number of hydrogen-bond donors (Lipinski definition) is 1. The maximum absolute atomic E-state index is 10.8. The van der Waals surface area contributed by atoms with Gasteiger partial charge in [-0.15, -0.1) is 0 Å². The van der Waals surface area contributed by atoms with Crippen LogP contribution in [0.5, 0.6) is 0 Å². The van der Waals surface area contributed by atoms with Crippen molar-refractivity contribution in [3.63, 3.8) is 0 Å². The van der Waals surface area contributed by atoms with Gasteiger partial charge in [-0.2, -0.15) is 0 Å². The summed E-state index contributed by atoms with van der Waals surface area (Å²) in [5, 5.41) is 9.41. The second-order valence-corrected chi connectivity index (χ2v) is 2.71. The molecule has 0 unspecified atom stereocenters. The van der Waals surface area contributed by atoms with E-state index in [1.54, 1.807) is 19.2 Å². The lowest BCUT2D eigenvalue weighted by atomic mass is 10.2. The Bertz CT molecular complexity index is 473. The van der Waals surface area contributed by atoms with Gasteiger partial charge in [0.15, 0.2) is 0 Å². The van der Waals surface area contributed by atoms with E-state index in [0.717, 1.165) is 0 Å². The third-order valence-electron chi connectivity index (χ3n) is 1.88. The van der Waals surface area contributed by atoms with Gasteiger partial charge in [0.05, 0.1) is 5.39 Å². The van der Waals surface area contributed by atoms with Crippen molar-refractivity contribution in [2.45, 2.75) is 6.92 Å². The molecule has 0 aliphatic rings. The summed E-state index contributed by atoms with van der Waals surface area (Å²) >= 11 is 0. The Morgan fingerprint density at radius 1 is 1.62 bits per heavy atom. The zero-order valence-electron chi connectivity index (χ0n) is 6.94. The van der Waals surface area contributed by atoms with Gasteiger partial charge in [0.25, 0.3) is 0 Å². The number of carbonyl (C=O) groups is 1. The quantitative estimate of drug-likeness (QED) is 0.721. The van der Waals surface area contributed by atoms with E-state index in [4.69, 9.17) is 9.52 Å². The first-order valence-electron chi connectivity index (χ1n) is 3.76. The van der Waals surface area contributed by atoms with E-state index in [0.29, 0.717) is 16.7 Å². The van der Waals surface area contributed by atoms with Gasteiger partial charge < -0.3 is 9.52 Å². The topological polar surface area (TPSA) is 63.3 Å². The molecule has 13 heavy (non-hydrogen) atoms. The number of furan rings is 1. The Balaban J connectivity index is 2.86. The second-order valence-electron chi connectivity index (χ2n) is 2.71. The van der Waals surface area contributed by atoms with Crippen LogP contribution < -0.4 is 0 Å². The molecule has 0 aliphatic carbocycles. The van der Waals surface area contributed by atoms with E-state index < -0.39 is 5.97 Å². The van der Waals surface area contributed by atoms with Crippen LogP contribution in [-0.4, -0.2) is 16.1 Å². The number of carboxylic acids is 1. The summed E-state index contributed by atoms with van der Waals surface area (Å²) in [5.41, 5.74) is 0.757. The van der Waals surface area contributed by atoms with Crippen molar-refractivity contribution >= 4 is 16.9 Å². The molecule has 0 aromatic carbocycles. The molecule has 0 atom stereocenters. The van der Waals surface area contributed by atoms with Gasteiger partial charge in [0, 0.05) is 12.4 Å². The smallest absolute Gasteiger partial charge is 0.339 e. The van der Waals surface area contributed by atoms with Crippen LogP contribution in [0.3, 0.4) is 0 Å². The lowest BCUT2D eigenvalue weighted by Gasteiger charge is -1.88. The Kier molecular flexibility index (Phi) is 1.55. The van der Waals surface area contributed by atoms with Crippen LogP contribution in [0.25, 0.3) is 11.0 Å². The Morgan fingerprint density at radius 3 is 3.08 bits per heavy atom. The number of carboxylic acid groups (broad SMARTS) is 1. The molecule has 4 nitrogen and oxygen atoms in total. The zero-order chi connectivity index (χ0) is 9.42. The molecule has 0 radical (unpaired) electrons. The van der Waals surface area contributed by atoms with E-state index in [-0.39, 0.29) is 5.56 Å². The predicted octanol–water partition coefficient (Wildman–Crippen LogP) is 1.83. The van der Waals surface area contributed by atoms with Crippen LogP contribution >= 0.6 is 0 Å². The van der Waals surface area contributed by atoms with E-state index in [1.807, 2.05) is 0 Å². The summed E-state index contributed by atoms with van der Waals surface area (Å²) in [6.07, 6.45) is 3.06. The standard InChI is InChI=1S/C9H7NO3/c1-5-8(9(11)12)6-4-10-3-2-7(6)13-5/h2-4H,1H3,(H,11,12). The SMILES string of the molecule is Cc1oc2ccncc2c1C(=O)O. The number of aryl methyl sites for hydroxylation is 1. The second kappa shape index (κ2) is 2.58. The van der Waals surface area contributed by atoms with Crippen LogP contribution in [0.2, 0.25) is 0 Å². The summed E-state index contributed by atoms with van der Waals surface area (Å²) in [6, 6.07) is 1.65. The number of rotatable bonds is 1. The highest BCUT2D eigenvalue weighted by Gasteiger charge is 2.16. The molecule has 0 bridgehead atoms. The molecule has 0 saturated carbocycles. The minimum absolute atomic E-state index is 0.197. The van der Waals surface area contributed by atoms with Crippen LogP contribution in [0.1, 0.15) is 16.1 Å². The van der Waals surface area contributed by atoms with Gasteiger partial charge in [-0.3, -0.25) is 4.98 Å². The van der Waals surface area contributed by atoms with Crippen molar-refractivity contribution in [1.82, 2.24) is 4.98 Å². The summed E-state index contributed by atoms with van der Waals surface area (Å²) in [4.78, 5) is 14.7. The van der Waals surface area contributed by atoms with Gasteiger partial charge in [0.2, 0.25) is 0 Å². The first-order chi connectivity index (χ1) is 6.20. The van der Waals surface area contributed by atoms with Gasteiger partial charge >= 0.3 is 5.97 Å². The number of pyridine rings is 1. The van der Waals surface area contributed by atoms with Crippen molar-refractivity contribution in [3.8, 4) is 0 Å². The van der Waals surface area contributed by atoms with Crippen LogP contribution in [-0.2, 0) is 0 Å². The highest BCUT2D eigenvalue weighted by molar-refractivity contribution is 6.03. The number of aromatic carboxylic acids is 1. The van der Waals surface area contributed by atoms with Crippen molar-refractivity contribution in [2.75, 3.05) is 0 Å². The van der Waals surface area contributed by atoms with E-state index in [2.05, 4.69) is 4.98 Å². The lowest BCUT2D eigenvalue weighted by molar-refractivity contribution is 0.0697. The molecule has 2 aromatic rings. The predicted molar refractivity (Wildman–Crippen MR) is 45.7 cm³/mol. The summed E-state index contributed by atoms with van der Waals surface area (Å²) in [7, 11) is 0. The zero-order valence-corrected chi connectivity index (χ0v) is 6.94. The molecule has 2 aromatic heterocycles. The molecule has 0 fully saturated rings. The fraction of sp³-hybridized carbons (Fsp3) is 0.111. The highest BCUT2D eigenvalue weighted by atomic mass is 16.4. The lowest BCUT2D eigenvalue weighted by Crippen LogP contribution is -1.96. The van der Waals surface area contributed by atoms with Gasteiger partial charge in [-0.25, -0.2) is 4.79 Å². The van der Waals surface area contributed by atoms with Crippen LogP contribution in [0.4, 0.5) is 0 Å². The molecule has 0 saturated heterocycles. The maximum Gasteiger partial charge on any atom is 0.339 e. The first kappa shape index (κ1) is 7.79. The monoisotopic (exact) mass is 177 g/mol. The Morgan fingerprint density at radius 2 is 2.38 bits per heavy atom. The number of hydrogen-bond acceptors (Lipinski definition) is 3. The van der Waals surface area contributed by atoms with Crippen molar-refractivity contribution < 1.29 is 14.3 Å². The summed E-state index contributed by atoms with van der Waals surface area (Å²) in [5.74, 6) is -0.570. The third kappa shape index (κ3) is 1.07. The van der Waals surface area contributed by atoms with Crippen molar-refractivity contribution in [1.29, 1.82) is 0 Å². The summed E-state index contributed by atoms with van der Waals surface area (Å²) < 4.78 is 5.24. The molecule has 0 amide bonds. The number of fused-ring (bicyclic) bond motifs is 1. The average Bonchev–Trinajstić information content (AvgIpc) is 2.39. The van der Waals surface area contributed by atoms with Crippen molar-refractivity contribution in [2.24, 2.45) is 0 Å². The highest BCUT2D eigenvalue weighted by Crippen LogP contribution is 2.23. The Labute approximate surface area is 73.8 Å². The fourth-order valence-corrected chi connectivity index (χ4v) is 1.33. The molecular weight excluding hydrogens is 170 g/mol. The molecule has 2 heterocycles. The molecule has 2 rings (SSSR count). The fourth-order valence-electron chi connectivity index (χ4n) is 1.33. The minimum Gasteiger partial charge on any atom is -0.478 e. The molecule has 0 aliphatic heterocycles. The average molecular weight is 177 g/mol. The van der Waals surface area contributed by atoms with Crippen LogP contribution in [0, 0.1) is 6.92 Å². The minimum atomic E-state index is -0.982. The molecule has 66 valence electrons. The molecule has 1 N–H and O–H groups in total.